The molecule has 0 aliphatic carbocycles. The van der Waals surface area contributed by atoms with Crippen LogP contribution in [0.25, 0.3) is 11.3 Å². The molecule has 1 amide bonds. The number of nitrogens with one attached hydrogen (secondary N) is 1. The Morgan fingerprint density at radius 1 is 1.12 bits per heavy atom. The summed E-state index contributed by atoms with van der Waals surface area (Å²) in [5, 5.41) is 14.2. The van der Waals surface area contributed by atoms with Crippen LogP contribution in [0.2, 0.25) is 10.0 Å². The summed E-state index contributed by atoms with van der Waals surface area (Å²) in [5.41, 5.74) is 1.55. The van der Waals surface area contributed by atoms with Crippen molar-refractivity contribution in [2.24, 2.45) is 0 Å². The van der Waals surface area contributed by atoms with Gasteiger partial charge in [-0.2, -0.15) is 0 Å². The van der Waals surface area contributed by atoms with Gasteiger partial charge in [0.2, 0.25) is 0 Å². The quantitative estimate of drug-likeness (QED) is 0.455. The van der Waals surface area contributed by atoms with Gasteiger partial charge >= 0.3 is 0 Å². The number of carbonyl (C=O) groups is 1. The first-order chi connectivity index (χ1) is 12.4. The van der Waals surface area contributed by atoms with Gasteiger partial charge in [0.1, 0.15) is 5.76 Å². The summed E-state index contributed by atoms with van der Waals surface area (Å²) >= 11 is 12.1. The summed E-state index contributed by atoms with van der Waals surface area (Å²) in [6, 6.07) is 12.3. The molecule has 6 nitrogen and oxygen atoms in total. The number of hydrogen-bond acceptors (Lipinski definition) is 4. The normalized spacial score (nSPS) is 10.6. The van der Waals surface area contributed by atoms with Crippen molar-refractivity contribution >= 4 is 40.5 Å². The number of nitro groups is 1. The van der Waals surface area contributed by atoms with E-state index in [4.69, 9.17) is 27.6 Å². The van der Waals surface area contributed by atoms with Crippen LogP contribution >= 0.6 is 23.2 Å². The van der Waals surface area contributed by atoms with Crippen LogP contribution in [0.15, 0.2) is 52.9 Å². The molecular weight excluding hydrogens is 379 g/mol. The van der Waals surface area contributed by atoms with E-state index in [2.05, 4.69) is 5.32 Å². The molecular formula is C18H12Cl2N2O4. The number of hydrogen-bond donors (Lipinski definition) is 1. The van der Waals surface area contributed by atoms with Gasteiger partial charge in [0, 0.05) is 22.7 Å². The average molecular weight is 391 g/mol. The van der Waals surface area contributed by atoms with E-state index in [1.165, 1.54) is 24.3 Å². The fourth-order valence-corrected chi connectivity index (χ4v) is 2.72. The van der Waals surface area contributed by atoms with Crippen molar-refractivity contribution in [3.63, 3.8) is 0 Å². The second-order valence-electron chi connectivity index (χ2n) is 5.45. The number of nitrogens with zero attached hydrogens (tertiary/aromatic N) is 1. The van der Waals surface area contributed by atoms with Crippen molar-refractivity contribution in [1.82, 2.24) is 0 Å². The molecule has 2 aromatic carbocycles. The highest BCUT2D eigenvalue weighted by molar-refractivity contribution is 6.34. The summed E-state index contributed by atoms with van der Waals surface area (Å²) in [6.07, 6.45) is 0. The molecule has 3 aromatic rings. The predicted molar refractivity (Wildman–Crippen MR) is 100.0 cm³/mol. The molecule has 0 aliphatic heterocycles. The molecule has 0 saturated carbocycles. The van der Waals surface area contributed by atoms with Gasteiger partial charge in [0.25, 0.3) is 11.6 Å². The third-order valence-corrected chi connectivity index (χ3v) is 4.51. The van der Waals surface area contributed by atoms with Crippen molar-refractivity contribution in [3.05, 3.63) is 80.0 Å². The maximum absolute atomic E-state index is 12.4. The van der Waals surface area contributed by atoms with Gasteiger partial charge in [-0.05, 0) is 36.8 Å². The zero-order valence-electron chi connectivity index (χ0n) is 13.5. The molecule has 0 radical (unpaired) electrons. The van der Waals surface area contributed by atoms with Crippen LogP contribution in [0.5, 0.6) is 0 Å². The number of nitro benzene ring substituents is 1. The van der Waals surface area contributed by atoms with E-state index in [1.807, 2.05) is 13.0 Å². The fraction of sp³-hybridized carbons (Fsp3) is 0.0556. The van der Waals surface area contributed by atoms with Crippen molar-refractivity contribution < 1.29 is 14.1 Å². The third kappa shape index (κ3) is 3.56. The van der Waals surface area contributed by atoms with Crippen LogP contribution in [0.3, 0.4) is 0 Å². The Morgan fingerprint density at radius 2 is 1.88 bits per heavy atom. The highest BCUT2D eigenvalue weighted by Gasteiger charge is 2.17. The first kappa shape index (κ1) is 18.0. The predicted octanol–water partition coefficient (Wildman–Crippen LogP) is 5.72. The van der Waals surface area contributed by atoms with E-state index in [0.29, 0.717) is 10.8 Å². The van der Waals surface area contributed by atoms with Gasteiger partial charge < -0.3 is 9.73 Å². The minimum absolute atomic E-state index is 0.0435. The van der Waals surface area contributed by atoms with Crippen molar-refractivity contribution in [2.75, 3.05) is 5.32 Å². The summed E-state index contributed by atoms with van der Waals surface area (Å²) in [5.74, 6) is -0.0411. The van der Waals surface area contributed by atoms with Crippen molar-refractivity contribution in [3.8, 4) is 11.3 Å². The Labute approximate surface area is 158 Å². The lowest BCUT2D eigenvalue weighted by molar-refractivity contribution is -0.384. The standard InChI is InChI=1S/C18H12Cl2N2O4/c1-10-12(3-2-4-13(10)19)16-7-8-17(26-16)18(23)21-15-9-11(22(24)25)5-6-14(15)20/h2-9H,1H3,(H,21,23). The largest absolute Gasteiger partial charge is 0.451 e. The SMILES string of the molecule is Cc1c(Cl)cccc1-c1ccc(C(=O)Nc2cc([N+](=O)[O-])ccc2Cl)o1. The van der Waals surface area contributed by atoms with Gasteiger partial charge in [0.05, 0.1) is 15.6 Å². The lowest BCUT2D eigenvalue weighted by atomic mass is 10.1. The Balaban J connectivity index is 1.86. The minimum Gasteiger partial charge on any atom is -0.451 e. The Morgan fingerprint density at radius 3 is 2.62 bits per heavy atom. The van der Waals surface area contributed by atoms with E-state index in [-0.39, 0.29) is 22.2 Å². The van der Waals surface area contributed by atoms with Crippen molar-refractivity contribution in [1.29, 1.82) is 0 Å². The number of carbonyl (C=O) groups excluding carboxylic acids is 1. The monoisotopic (exact) mass is 390 g/mol. The first-order valence-electron chi connectivity index (χ1n) is 7.47. The molecule has 8 heteroatoms. The summed E-state index contributed by atoms with van der Waals surface area (Å²) < 4.78 is 5.61. The fourth-order valence-electron chi connectivity index (χ4n) is 2.39. The molecule has 3 rings (SSSR count). The Bertz CT molecular complexity index is 1010. The maximum atomic E-state index is 12.4. The average Bonchev–Trinajstić information content (AvgIpc) is 3.09. The van der Waals surface area contributed by atoms with E-state index in [1.54, 1.807) is 18.2 Å². The molecule has 132 valence electrons. The van der Waals surface area contributed by atoms with Gasteiger partial charge in [-0.1, -0.05) is 35.3 Å². The van der Waals surface area contributed by atoms with Crippen LogP contribution in [0.4, 0.5) is 11.4 Å². The maximum Gasteiger partial charge on any atom is 0.291 e. The molecule has 0 aliphatic rings. The lowest BCUT2D eigenvalue weighted by Gasteiger charge is -2.06. The summed E-state index contributed by atoms with van der Waals surface area (Å²) in [7, 11) is 0. The number of benzene rings is 2. The minimum atomic E-state index is -0.571. The molecule has 0 saturated heterocycles. The lowest BCUT2D eigenvalue weighted by Crippen LogP contribution is -2.11. The second kappa shape index (κ2) is 7.19. The molecule has 1 aromatic heterocycles. The van der Waals surface area contributed by atoms with E-state index >= 15 is 0 Å². The molecule has 0 atom stereocenters. The summed E-state index contributed by atoms with van der Waals surface area (Å²) in [4.78, 5) is 22.7. The van der Waals surface area contributed by atoms with Gasteiger partial charge in [-0.3, -0.25) is 14.9 Å². The zero-order chi connectivity index (χ0) is 18.8. The Kier molecular flexibility index (Phi) is 4.97. The van der Waals surface area contributed by atoms with Crippen molar-refractivity contribution in [2.45, 2.75) is 6.92 Å². The molecule has 0 fully saturated rings. The molecule has 1 N–H and O–H groups in total. The zero-order valence-corrected chi connectivity index (χ0v) is 15.0. The second-order valence-corrected chi connectivity index (χ2v) is 6.27. The third-order valence-electron chi connectivity index (χ3n) is 3.77. The molecule has 0 unspecified atom stereocenters. The smallest absolute Gasteiger partial charge is 0.291 e. The Hall–Kier alpha value is -2.83. The highest BCUT2D eigenvalue weighted by atomic mass is 35.5. The number of amides is 1. The number of non-ortho nitro benzene ring substituents is 1. The molecule has 1 heterocycles. The van der Waals surface area contributed by atoms with Crippen LogP contribution in [-0.4, -0.2) is 10.8 Å². The molecule has 0 bridgehead atoms. The number of anilines is 1. The van der Waals surface area contributed by atoms with Crippen LogP contribution in [-0.2, 0) is 0 Å². The van der Waals surface area contributed by atoms with Crippen LogP contribution in [0.1, 0.15) is 16.1 Å². The first-order valence-corrected chi connectivity index (χ1v) is 8.23. The summed E-state index contributed by atoms with van der Waals surface area (Å²) in [6.45, 7) is 1.85. The van der Waals surface area contributed by atoms with E-state index < -0.39 is 10.8 Å². The number of halogens is 2. The topological polar surface area (TPSA) is 85.4 Å². The van der Waals surface area contributed by atoms with E-state index in [0.717, 1.165) is 11.1 Å². The van der Waals surface area contributed by atoms with Gasteiger partial charge in [-0.15, -0.1) is 0 Å². The highest BCUT2D eigenvalue weighted by Crippen LogP contribution is 2.31. The molecule has 26 heavy (non-hydrogen) atoms. The van der Waals surface area contributed by atoms with Crippen LogP contribution < -0.4 is 5.32 Å². The van der Waals surface area contributed by atoms with E-state index in [9.17, 15) is 14.9 Å². The number of furan rings is 1. The van der Waals surface area contributed by atoms with Gasteiger partial charge in [-0.25, -0.2) is 0 Å². The van der Waals surface area contributed by atoms with Gasteiger partial charge in [0.15, 0.2) is 5.76 Å². The number of rotatable bonds is 4. The molecule has 0 spiro atoms. The van der Waals surface area contributed by atoms with Crippen LogP contribution in [0, 0.1) is 17.0 Å².